The predicted molar refractivity (Wildman–Crippen MR) is 84.9 cm³/mol. The minimum atomic E-state index is 0.747. The van der Waals surface area contributed by atoms with Crippen LogP contribution in [-0.2, 0) is 4.74 Å². The van der Waals surface area contributed by atoms with Crippen LogP contribution in [0.15, 0.2) is 48.5 Å². The first-order valence-corrected chi connectivity index (χ1v) is 7.14. The number of para-hydroxylation sites is 4. The Labute approximate surface area is 120 Å². The van der Waals surface area contributed by atoms with E-state index in [0.29, 0.717) is 0 Å². The summed E-state index contributed by atoms with van der Waals surface area (Å²) in [6.07, 6.45) is 0. The van der Waals surface area contributed by atoms with Gasteiger partial charge in [0.05, 0.1) is 13.2 Å². The van der Waals surface area contributed by atoms with Gasteiger partial charge in [0.1, 0.15) is 17.9 Å². The molecule has 0 atom stereocenters. The number of fused-ring (bicyclic) bond motifs is 2. The molecule has 0 bridgehead atoms. The molecule has 0 radical (unpaired) electrons. The van der Waals surface area contributed by atoms with Gasteiger partial charge in [-0.3, -0.25) is 4.48 Å². The van der Waals surface area contributed by atoms with Gasteiger partial charge in [0.25, 0.3) is 0 Å². The fraction of sp³-hybridized carbons (Fsp3) is 0.294. The van der Waals surface area contributed by atoms with Crippen molar-refractivity contribution in [3.05, 3.63) is 48.5 Å². The Morgan fingerprint density at radius 1 is 0.950 bits per heavy atom. The third kappa shape index (κ3) is 1.90. The number of quaternary nitrogens is 1. The molecule has 0 saturated carbocycles. The van der Waals surface area contributed by atoms with Gasteiger partial charge in [0, 0.05) is 19.2 Å². The number of methoxy groups -OCH3 is 1. The molecule has 3 heteroatoms. The third-order valence-electron chi connectivity index (χ3n) is 4.22. The number of rotatable bonds is 4. The van der Waals surface area contributed by atoms with Crippen LogP contribution in [0.3, 0.4) is 0 Å². The summed E-state index contributed by atoms with van der Waals surface area (Å²) in [5.74, 6) is 0. The van der Waals surface area contributed by atoms with Crippen molar-refractivity contribution >= 4 is 22.7 Å². The summed E-state index contributed by atoms with van der Waals surface area (Å²) in [4.78, 5) is 0. The fourth-order valence-electron chi connectivity index (χ4n) is 3.17. The van der Waals surface area contributed by atoms with Crippen LogP contribution in [0.4, 0.5) is 22.7 Å². The maximum Gasteiger partial charge on any atom is 0.161 e. The van der Waals surface area contributed by atoms with E-state index >= 15 is 0 Å². The Kier molecular flexibility index (Phi) is 3.47. The Morgan fingerprint density at radius 3 is 2.00 bits per heavy atom. The molecule has 2 aromatic carbocycles. The second-order valence-corrected chi connectivity index (χ2v) is 5.16. The van der Waals surface area contributed by atoms with Gasteiger partial charge >= 0.3 is 0 Å². The highest BCUT2D eigenvalue weighted by Gasteiger charge is 2.38. The Balaban J connectivity index is 2.20. The standard InChI is InChI=1S/C17H21N2O/c1-3-19(12-13-20-2)16-10-6-4-8-14(16)18-15-9-5-7-11-17(15)19/h4-11,18H,3,12-13H2,1-2H3/q+1. The number of nitrogens with one attached hydrogen (secondary N) is 1. The van der Waals surface area contributed by atoms with Gasteiger partial charge in [0.2, 0.25) is 0 Å². The van der Waals surface area contributed by atoms with Crippen molar-refractivity contribution < 1.29 is 4.74 Å². The Bertz CT molecular complexity index is 564. The zero-order chi connectivity index (χ0) is 14.0. The van der Waals surface area contributed by atoms with Gasteiger partial charge in [-0.05, 0) is 19.1 Å². The number of likely N-dealkylation sites (N-methyl/N-ethyl adjacent to an activating group) is 1. The Morgan fingerprint density at radius 2 is 1.50 bits per heavy atom. The quantitative estimate of drug-likeness (QED) is 0.845. The summed E-state index contributed by atoms with van der Waals surface area (Å²) >= 11 is 0. The molecule has 0 amide bonds. The lowest BCUT2D eigenvalue weighted by Gasteiger charge is -2.41. The van der Waals surface area contributed by atoms with E-state index in [1.54, 1.807) is 7.11 Å². The summed E-state index contributed by atoms with van der Waals surface area (Å²) in [6, 6.07) is 17.1. The van der Waals surface area contributed by atoms with Gasteiger partial charge < -0.3 is 10.1 Å². The number of anilines is 2. The van der Waals surface area contributed by atoms with Crippen LogP contribution in [0.25, 0.3) is 0 Å². The molecule has 1 aliphatic rings. The number of hydrogen-bond donors (Lipinski definition) is 1. The van der Waals surface area contributed by atoms with Gasteiger partial charge in [-0.15, -0.1) is 0 Å². The molecular formula is C17H21N2O+. The molecule has 1 aliphatic heterocycles. The van der Waals surface area contributed by atoms with E-state index in [2.05, 4.69) is 60.8 Å². The van der Waals surface area contributed by atoms with Crippen LogP contribution >= 0.6 is 0 Å². The minimum absolute atomic E-state index is 0.747. The lowest BCUT2D eigenvalue weighted by atomic mass is 10.1. The zero-order valence-electron chi connectivity index (χ0n) is 12.1. The fourth-order valence-corrected chi connectivity index (χ4v) is 3.17. The molecule has 0 spiro atoms. The highest BCUT2D eigenvalue weighted by molar-refractivity contribution is 5.88. The summed E-state index contributed by atoms with van der Waals surface area (Å²) in [5, 5.41) is 3.55. The number of benzene rings is 2. The summed E-state index contributed by atoms with van der Waals surface area (Å²) in [7, 11) is 1.77. The van der Waals surface area contributed by atoms with Crippen LogP contribution < -0.4 is 9.80 Å². The monoisotopic (exact) mass is 269 g/mol. The molecule has 0 aliphatic carbocycles. The summed E-state index contributed by atoms with van der Waals surface area (Å²) in [6.45, 7) is 4.95. The van der Waals surface area contributed by atoms with Crippen molar-refractivity contribution in [3.8, 4) is 0 Å². The Hall–Kier alpha value is -1.84. The predicted octanol–water partition coefficient (Wildman–Crippen LogP) is 4.05. The maximum absolute atomic E-state index is 5.37. The first kappa shape index (κ1) is 13.2. The van der Waals surface area contributed by atoms with E-state index in [1.165, 1.54) is 22.7 Å². The minimum Gasteiger partial charge on any atom is -0.379 e. The molecule has 0 unspecified atom stereocenters. The summed E-state index contributed by atoms with van der Waals surface area (Å²) in [5.41, 5.74) is 5.05. The van der Waals surface area contributed by atoms with E-state index in [4.69, 9.17) is 4.74 Å². The normalized spacial score (nSPS) is 15.1. The second-order valence-electron chi connectivity index (χ2n) is 5.16. The van der Waals surface area contributed by atoms with Crippen LogP contribution in [0.2, 0.25) is 0 Å². The number of hydrogen-bond acceptors (Lipinski definition) is 2. The molecule has 0 saturated heterocycles. The first-order valence-electron chi connectivity index (χ1n) is 7.14. The molecule has 20 heavy (non-hydrogen) atoms. The van der Waals surface area contributed by atoms with E-state index in [-0.39, 0.29) is 0 Å². The van der Waals surface area contributed by atoms with E-state index in [9.17, 15) is 0 Å². The van der Waals surface area contributed by atoms with Crippen molar-refractivity contribution in [1.82, 2.24) is 4.48 Å². The topological polar surface area (TPSA) is 21.3 Å². The maximum atomic E-state index is 5.37. The van der Waals surface area contributed by atoms with E-state index in [1.807, 2.05) is 0 Å². The molecule has 1 heterocycles. The van der Waals surface area contributed by atoms with Crippen molar-refractivity contribution in [2.75, 3.05) is 32.1 Å². The van der Waals surface area contributed by atoms with Crippen molar-refractivity contribution in [2.45, 2.75) is 6.92 Å². The lowest BCUT2D eigenvalue weighted by molar-refractivity contribution is 0.174. The van der Waals surface area contributed by atoms with Crippen molar-refractivity contribution in [1.29, 1.82) is 0 Å². The highest BCUT2D eigenvalue weighted by atomic mass is 16.5. The molecule has 2 aromatic rings. The molecular weight excluding hydrogens is 248 g/mol. The lowest BCUT2D eigenvalue weighted by Crippen LogP contribution is -2.48. The van der Waals surface area contributed by atoms with Crippen LogP contribution in [-0.4, -0.2) is 26.8 Å². The molecule has 3 rings (SSSR count). The summed E-state index contributed by atoms with van der Waals surface area (Å²) < 4.78 is 6.21. The third-order valence-corrected chi connectivity index (χ3v) is 4.22. The molecule has 104 valence electrons. The van der Waals surface area contributed by atoms with Crippen LogP contribution in [0.5, 0.6) is 0 Å². The van der Waals surface area contributed by atoms with Crippen LogP contribution in [0.1, 0.15) is 6.92 Å². The molecule has 0 fully saturated rings. The highest BCUT2D eigenvalue weighted by Crippen LogP contribution is 2.48. The smallest absolute Gasteiger partial charge is 0.161 e. The molecule has 1 N–H and O–H groups in total. The largest absolute Gasteiger partial charge is 0.379 e. The number of ether oxygens (including phenoxy) is 1. The molecule has 3 nitrogen and oxygen atoms in total. The first-order chi connectivity index (χ1) is 9.81. The van der Waals surface area contributed by atoms with Crippen LogP contribution in [0, 0.1) is 0 Å². The zero-order valence-corrected chi connectivity index (χ0v) is 12.1. The molecule has 0 aromatic heterocycles. The SMILES string of the molecule is CC[N+]1(CCOC)c2ccccc2Nc2ccccc21. The van der Waals surface area contributed by atoms with E-state index in [0.717, 1.165) is 24.2 Å². The van der Waals surface area contributed by atoms with Crippen molar-refractivity contribution in [3.63, 3.8) is 0 Å². The number of nitrogens with zero attached hydrogens (tertiary/aromatic N) is 1. The van der Waals surface area contributed by atoms with Gasteiger partial charge in [-0.1, -0.05) is 24.3 Å². The average Bonchev–Trinajstić information content (AvgIpc) is 2.51. The average molecular weight is 269 g/mol. The second kappa shape index (κ2) is 5.27. The van der Waals surface area contributed by atoms with Crippen molar-refractivity contribution in [2.24, 2.45) is 0 Å². The van der Waals surface area contributed by atoms with Gasteiger partial charge in [0.15, 0.2) is 11.4 Å². The van der Waals surface area contributed by atoms with Gasteiger partial charge in [-0.25, -0.2) is 0 Å². The van der Waals surface area contributed by atoms with E-state index < -0.39 is 0 Å². The van der Waals surface area contributed by atoms with Gasteiger partial charge in [-0.2, -0.15) is 0 Å².